The van der Waals surface area contributed by atoms with Crippen LogP contribution < -0.4 is 9.47 Å². The zero-order chi connectivity index (χ0) is 92.5. The number of hydrogen-bond donors (Lipinski definition) is 0. The molecule has 28 heteroatoms. The molecule has 0 bridgehead atoms. The second kappa shape index (κ2) is 44.4. The van der Waals surface area contributed by atoms with Crippen molar-refractivity contribution < 1.29 is 124 Å². The van der Waals surface area contributed by atoms with Gasteiger partial charge in [-0.3, -0.25) is 38.6 Å². The lowest BCUT2D eigenvalue weighted by Crippen LogP contribution is -2.72. The van der Waals surface area contributed by atoms with E-state index in [1.807, 2.05) is 243 Å². The van der Waals surface area contributed by atoms with Crippen molar-refractivity contribution in [2.45, 2.75) is 189 Å². The molecule has 0 spiro atoms. The molecule has 5 saturated heterocycles. The van der Waals surface area contributed by atoms with E-state index in [0.717, 1.165) is 37.6 Å². The van der Waals surface area contributed by atoms with Crippen LogP contribution in [0, 0.1) is 0 Å². The number of fused-ring (bicyclic) bond motifs is 3. The quantitative estimate of drug-likeness (QED) is 0.0256. The average Bonchev–Trinajstić information content (AvgIpc) is 1.65. The predicted molar refractivity (Wildman–Crippen MR) is 484 cm³/mol. The van der Waals surface area contributed by atoms with Crippen LogP contribution in [0.3, 0.4) is 0 Å². The summed E-state index contributed by atoms with van der Waals surface area (Å²) in [5, 5.41) is 0. The standard InChI is InChI=1S/C107H104N2O26/c1-67(110)125-97-95(123-62-75-44-24-10-25-45-75)89(120-59-72-38-18-7-19-39-72)83(63-117-56-69-32-12-4-13-33-69)130-106(97)135-96-92-86(66-124-103(132-92)76-46-26-11-27-47-76)131-107(98(96)126-68(2)111)134-91-85(65-119-58-71-36-16-6-17-37-71)129-105(88(94(91)122-61-74-42-22-9-23-43-74)109-101(114)81-50-30-31-51-82(81)102(109)115)133-90-84(64-118-57-70-34-14-5-15-35-70)128-104(127-78-54-52-77(116-3)53-55-78)87(93(90)121-60-73-40-20-8-21-41-73)108-99(112)79-48-28-29-49-80(79)100(108)113/h4-55,83-98,103-107H,56-66H2,1-3H3/t83-,84-,85-,86-,87-,88-,89-,90-,91-,92-,93-,94-,95+,96+,97+,98+,103-,104-,105+,106-,107+/m1/s1. The molecule has 28 nitrogen and oxygen atoms in total. The van der Waals surface area contributed by atoms with Crippen LogP contribution in [0.25, 0.3) is 0 Å². The molecule has 0 unspecified atom stereocenters. The number of esters is 2. The van der Waals surface area contributed by atoms with Gasteiger partial charge >= 0.3 is 11.9 Å². The average molecular weight is 1830 g/mol. The molecular weight excluding hydrogens is 1730 g/mol. The Bertz CT molecular complexity index is 5660. The number of imide groups is 2. The Morgan fingerprint density at radius 1 is 0.311 bits per heavy atom. The van der Waals surface area contributed by atoms with Crippen molar-refractivity contribution in [2.24, 2.45) is 0 Å². The van der Waals surface area contributed by atoms with Crippen molar-refractivity contribution in [1.29, 1.82) is 0 Å². The van der Waals surface area contributed by atoms with Gasteiger partial charge in [0.1, 0.15) is 96.8 Å². The van der Waals surface area contributed by atoms with E-state index >= 15 is 19.2 Å². The molecule has 11 aromatic rings. The Morgan fingerprint density at radius 3 is 1.02 bits per heavy atom. The minimum Gasteiger partial charge on any atom is -0.497 e. The molecule has 0 aliphatic carbocycles. The van der Waals surface area contributed by atoms with Crippen molar-refractivity contribution in [1.82, 2.24) is 9.80 Å². The zero-order valence-electron chi connectivity index (χ0n) is 74.4. The fraction of sp³-hybridized carbons (Fsp3) is 0.327. The third kappa shape index (κ3) is 22.1. The number of ether oxygens (including phenoxy) is 20. The Hall–Kier alpha value is -12.4. The number of nitrogens with zero attached hydrogens (tertiary/aromatic N) is 2. The maximum atomic E-state index is 16.3. The first-order chi connectivity index (χ1) is 66.2. The van der Waals surface area contributed by atoms with Crippen LogP contribution in [0.15, 0.2) is 315 Å². The molecule has 0 radical (unpaired) electrons. The molecule has 135 heavy (non-hydrogen) atoms. The van der Waals surface area contributed by atoms with Crippen molar-refractivity contribution >= 4 is 35.6 Å². The Kier molecular flexibility index (Phi) is 30.6. The van der Waals surface area contributed by atoms with Gasteiger partial charge in [0, 0.05) is 19.4 Å². The molecule has 5 fully saturated rings. The minimum absolute atomic E-state index is 0.0155. The predicted octanol–water partition coefficient (Wildman–Crippen LogP) is 14.4. The SMILES string of the molecule is COc1ccc(O[C@@H]2O[C@H](COCc3ccccc3)[C@@H](O[C@@H]3O[C@H](COCc4ccccc4)[C@@H](O[C@@H]4O[C@@H]5CO[C@@H](c6ccccc6)O[C@H]5[C@H](O[C@H]5O[C@H](COCc6ccccc6)[C@@H](OCc6ccccc6)[C@H](OCc6ccccc6)[C@@H]5OC(C)=O)[C@@H]4OC(C)=O)[C@H](OCc4ccccc4)[C@H]3N3C(=O)c4ccccc4C3=O)[C@H](OCc3ccccc3)[C@H]2N2C(=O)c3ccccc3C2=O)cc1. The number of rotatable bonds is 38. The van der Waals surface area contributed by atoms with Crippen molar-refractivity contribution in [3.8, 4) is 11.5 Å². The summed E-state index contributed by atoms with van der Waals surface area (Å²) in [6, 6.07) is 90.9. The van der Waals surface area contributed by atoms with Crippen LogP contribution in [0.2, 0.25) is 0 Å². The highest BCUT2D eigenvalue weighted by atomic mass is 16.8. The zero-order valence-corrected chi connectivity index (χ0v) is 74.4. The summed E-state index contributed by atoms with van der Waals surface area (Å²) in [7, 11) is 1.53. The molecule has 0 N–H and O–H groups in total. The van der Waals surface area contributed by atoms with E-state index in [-0.39, 0.29) is 94.1 Å². The molecule has 7 heterocycles. The third-order valence-corrected chi connectivity index (χ3v) is 24.5. The molecule has 0 aromatic heterocycles. The summed E-state index contributed by atoms with van der Waals surface area (Å²) in [6.07, 6.45) is -28.3. The fourth-order valence-electron chi connectivity index (χ4n) is 18.1. The lowest BCUT2D eigenvalue weighted by Gasteiger charge is -2.54. The van der Waals surface area contributed by atoms with Gasteiger partial charge < -0.3 is 94.7 Å². The molecular formula is C107H104N2O26. The molecule has 0 saturated carbocycles. The van der Waals surface area contributed by atoms with E-state index in [1.165, 1.54) is 33.1 Å². The van der Waals surface area contributed by atoms with Gasteiger partial charge in [0.15, 0.2) is 37.4 Å². The molecule has 11 aromatic carbocycles. The lowest BCUT2D eigenvalue weighted by atomic mass is 9.92. The van der Waals surface area contributed by atoms with Crippen molar-refractivity contribution in [3.63, 3.8) is 0 Å². The van der Waals surface area contributed by atoms with Gasteiger partial charge in [0.2, 0.25) is 6.29 Å². The Morgan fingerprint density at radius 2 is 0.622 bits per heavy atom. The second-order valence-electron chi connectivity index (χ2n) is 33.7. The van der Waals surface area contributed by atoms with E-state index in [4.69, 9.17) is 94.7 Å². The Balaban J connectivity index is 0.790. The van der Waals surface area contributed by atoms with Crippen molar-refractivity contribution in [2.75, 3.05) is 33.5 Å². The third-order valence-electron chi connectivity index (χ3n) is 24.5. The van der Waals surface area contributed by atoms with Crippen LogP contribution >= 0.6 is 0 Å². The number of carbonyl (C=O) groups is 6. The molecule has 4 amide bonds. The van der Waals surface area contributed by atoms with Crippen LogP contribution in [0.1, 0.15) is 106 Å². The van der Waals surface area contributed by atoms with E-state index in [0.29, 0.717) is 22.4 Å². The maximum absolute atomic E-state index is 16.3. The van der Waals surface area contributed by atoms with E-state index in [1.54, 1.807) is 60.7 Å². The summed E-state index contributed by atoms with van der Waals surface area (Å²) in [6.45, 7) is 1.03. The van der Waals surface area contributed by atoms with Gasteiger partial charge in [-0.15, -0.1) is 0 Å². The smallest absolute Gasteiger partial charge is 0.303 e. The summed E-state index contributed by atoms with van der Waals surface area (Å²) in [5.74, 6) is -3.90. The van der Waals surface area contributed by atoms with Gasteiger partial charge in [-0.25, -0.2) is 0 Å². The van der Waals surface area contributed by atoms with Crippen LogP contribution in [-0.2, 0) is 141 Å². The van der Waals surface area contributed by atoms with E-state index < -0.39 is 171 Å². The number of hydrogen-bond acceptors (Lipinski definition) is 26. The summed E-state index contributed by atoms with van der Waals surface area (Å²) >= 11 is 0. The topological polar surface area (TPSA) is 293 Å². The summed E-state index contributed by atoms with van der Waals surface area (Å²) < 4.78 is 142. The number of methoxy groups -OCH3 is 1. The van der Waals surface area contributed by atoms with Crippen LogP contribution in [-0.4, -0.2) is 202 Å². The molecule has 18 rings (SSSR count). The van der Waals surface area contributed by atoms with Gasteiger partial charge in [0.05, 0.1) is 102 Å². The highest BCUT2D eigenvalue weighted by molar-refractivity contribution is 6.22. The van der Waals surface area contributed by atoms with Gasteiger partial charge in [-0.05, 0) is 87.5 Å². The molecule has 7 aliphatic heterocycles. The number of carbonyl (C=O) groups excluding carboxylic acids is 6. The monoisotopic (exact) mass is 1830 g/mol. The minimum atomic E-state index is -1.93. The van der Waals surface area contributed by atoms with Crippen LogP contribution in [0.4, 0.5) is 0 Å². The lowest BCUT2D eigenvalue weighted by molar-refractivity contribution is -0.409. The first-order valence-electron chi connectivity index (χ1n) is 45.2. The van der Waals surface area contributed by atoms with Gasteiger partial charge in [0.25, 0.3) is 23.6 Å². The number of benzene rings is 11. The first kappa shape index (κ1) is 93.0. The molecule has 21 atom stereocenters. The van der Waals surface area contributed by atoms with E-state index in [2.05, 4.69) is 0 Å². The number of amides is 4. The van der Waals surface area contributed by atoms with Gasteiger partial charge in [-0.2, -0.15) is 0 Å². The maximum Gasteiger partial charge on any atom is 0.303 e. The summed E-state index contributed by atoms with van der Waals surface area (Å²) in [5.41, 5.74) is 6.04. The molecule has 7 aliphatic rings. The second-order valence-corrected chi connectivity index (χ2v) is 33.7. The normalized spacial score (nSPS) is 27.0. The van der Waals surface area contributed by atoms with Gasteiger partial charge in [-0.1, -0.05) is 267 Å². The van der Waals surface area contributed by atoms with E-state index in [9.17, 15) is 9.59 Å². The fourth-order valence-corrected chi connectivity index (χ4v) is 18.1. The largest absolute Gasteiger partial charge is 0.497 e. The summed E-state index contributed by atoms with van der Waals surface area (Å²) in [4.78, 5) is 94.9. The Labute approximate surface area is 781 Å². The van der Waals surface area contributed by atoms with Crippen LogP contribution in [0.5, 0.6) is 11.5 Å². The first-order valence-corrected chi connectivity index (χ1v) is 45.2. The highest BCUT2D eigenvalue weighted by Gasteiger charge is 2.64. The van der Waals surface area contributed by atoms with Crippen molar-refractivity contribution in [3.05, 3.63) is 382 Å². The highest BCUT2D eigenvalue weighted by Crippen LogP contribution is 2.46. The molecule has 698 valence electrons.